The SMILES string of the molecule is CC(NC(=O)C(CC(N)=O)NC(=O)C(NC(=O)C(N)CO)C(C)O)C(=O)O. The van der Waals surface area contributed by atoms with Gasteiger partial charge in [-0.05, 0) is 13.8 Å². The van der Waals surface area contributed by atoms with Crippen LogP contribution < -0.4 is 27.4 Å². The highest BCUT2D eigenvalue weighted by molar-refractivity contribution is 5.96. The Morgan fingerprint density at radius 2 is 1.52 bits per heavy atom. The predicted molar refractivity (Wildman–Crippen MR) is 89.7 cm³/mol. The number of hydrogen-bond acceptors (Lipinski definition) is 8. The fourth-order valence-corrected chi connectivity index (χ4v) is 1.80. The molecule has 0 spiro atoms. The van der Waals surface area contributed by atoms with Crippen LogP contribution in [0.25, 0.3) is 0 Å². The molecular weight excluding hydrogens is 366 g/mol. The first-order valence-corrected chi connectivity index (χ1v) is 7.87. The molecule has 0 aromatic carbocycles. The second kappa shape index (κ2) is 11.1. The van der Waals surface area contributed by atoms with Crippen molar-refractivity contribution in [3.63, 3.8) is 0 Å². The van der Waals surface area contributed by atoms with Crippen molar-refractivity contribution < 1.29 is 39.3 Å². The lowest BCUT2D eigenvalue weighted by molar-refractivity contribution is -0.142. The van der Waals surface area contributed by atoms with Gasteiger partial charge in [-0.25, -0.2) is 0 Å². The van der Waals surface area contributed by atoms with Gasteiger partial charge in [-0.15, -0.1) is 0 Å². The molecule has 0 saturated carbocycles. The molecule has 13 nitrogen and oxygen atoms in total. The summed E-state index contributed by atoms with van der Waals surface area (Å²) in [7, 11) is 0. The smallest absolute Gasteiger partial charge is 0.325 e. The van der Waals surface area contributed by atoms with Gasteiger partial charge in [0.1, 0.15) is 24.2 Å². The summed E-state index contributed by atoms with van der Waals surface area (Å²) < 4.78 is 0. The Labute approximate surface area is 154 Å². The molecule has 10 N–H and O–H groups in total. The molecule has 0 aliphatic carbocycles. The first kappa shape index (κ1) is 24.2. The summed E-state index contributed by atoms with van der Waals surface area (Å²) in [6, 6.07) is -5.75. The molecule has 0 radical (unpaired) electrons. The van der Waals surface area contributed by atoms with Crippen molar-refractivity contribution in [3.05, 3.63) is 0 Å². The van der Waals surface area contributed by atoms with Crippen molar-refractivity contribution >= 4 is 29.6 Å². The van der Waals surface area contributed by atoms with Crippen LogP contribution in [0.5, 0.6) is 0 Å². The number of carboxylic acid groups (broad SMARTS) is 1. The largest absolute Gasteiger partial charge is 0.480 e. The summed E-state index contributed by atoms with van der Waals surface area (Å²) in [5.74, 6) is -5.29. The molecule has 154 valence electrons. The number of nitrogens with two attached hydrogens (primary N) is 2. The number of carboxylic acids is 1. The van der Waals surface area contributed by atoms with Crippen LogP contribution in [0.3, 0.4) is 0 Å². The Hall–Kier alpha value is -2.77. The Morgan fingerprint density at radius 3 is 1.93 bits per heavy atom. The van der Waals surface area contributed by atoms with E-state index in [2.05, 4.69) is 16.0 Å². The van der Waals surface area contributed by atoms with Gasteiger partial charge < -0.3 is 42.7 Å². The van der Waals surface area contributed by atoms with Crippen LogP contribution in [0, 0.1) is 0 Å². The van der Waals surface area contributed by atoms with Crippen molar-refractivity contribution in [2.75, 3.05) is 6.61 Å². The molecule has 0 aliphatic rings. The summed E-state index contributed by atoms with van der Waals surface area (Å²) >= 11 is 0. The van der Waals surface area contributed by atoms with Gasteiger partial charge in [0.05, 0.1) is 19.1 Å². The van der Waals surface area contributed by atoms with Crippen LogP contribution in [0.1, 0.15) is 20.3 Å². The van der Waals surface area contributed by atoms with Gasteiger partial charge >= 0.3 is 5.97 Å². The predicted octanol–water partition coefficient (Wildman–Crippen LogP) is -4.88. The quantitative estimate of drug-likeness (QED) is 0.168. The second-order valence-electron chi connectivity index (χ2n) is 5.82. The molecule has 5 atom stereocenters. The molecule has 0 rings (SSSR count). The minimum absolute atomic E-state index is 0.652. The minimum atomic E-state index is -1.56. The van der Waals surface area contributed by atoms with Crippen LogP contribution in [0.4, 0.5) is 0 Å². The average Bonchev–Trinajstić information content (AvgIpc) is 2.56. The normalized spacial score (nSPS) is 16.2. The molecule has 0 aliphatic heterocycles. The summed E-state index contributed by atoms with van der Waals surface area (Å²) in [6.07, 6.45) is -2.07. The zero-order valence-corrected chi connectivity index (χ0v) is 14.8. The number of nitrogens with one attached hydrogen (secondary N) is 3. The van der Waals surface area contributed by atoms with E-state index in [1.54, 1.807) is 0 Å². The van der Waals surface area contributed by atoms with Crippen LogP contribution in [-0.4, -0.2) is 81.8 Å². The van der Waals surface area contributed by atoms with Gasteiger partial charge in [-0.2, -0.15) is 0 Å². The van der Waals surface area contributed by atoms with Gasteiger partial charge in [0.15, 0.2) is 0 Å². The van der Waals surface area contributed by atoms with E-state index in [0.717, 1.165) is 0 Å². The van der Waals surface area contributed by atoms with E-state index in [0.29, 0.717) is 0 Å². The third kappa shape index (κ3) is 8.44. The summed E-state index contributed by atoms with van der Waals surface area (Å²) in [5.41, 5.74) is 10.3. The fourth-order valence-electron chi connectivity index (χ4n) is 1.80. The zero-order chi connectivity index (χ0) is 21.3. The number of aliphatic carboxylic acids is 1. The van der Waals surface area contributed by atoms with E-state index in [9.17, 15) is 29.1 Å². The lowest BCUT2D eigenvalue weighted by Gasteiger charge is -2.25. The van der Waals surface area contributed by atoms with E-state index in [4.69, 9.17) is 21.7 Å². The first-order chi connectivity index (χ1) is 12.4. The van der Waals surface area contributed by atoms with Crippen LogP contribution in [0.15, 0.2) is 0 Å². The molecule has 4 amide bonds. The number of amides is 4. The Balaban J connectivity index is 5.26. The number of hydrogen-bond donors (Lipinski definition) is 8. The standard InChI is InChI=1S/C14H25N5O8/c1-5(14(26)27)17-12(24)8(3-9(16)22)18-13(25)10(6(2)21)19-11(23)7(15)4-20/h5-8,10,20-21H,3-4,15H2,1-2H3,(H2,16,22)(H,17,24)(H,18,25)(H,19,23)(H,26,27). The van der Waals surface area contributed by atoms with Crippen molar-refractivity contribution in [2.45, 2.75) is 50.5 Å². The zero-order valence-electron chi connectivity index (χ0n) is 14.8. The monoisotopic (exact) mass is 391 g/mol. The van der Waals surface area contributed by atoms with Gasteiger partial charge in [0.2, 0.25) is 23.6 Å². The van der Waals surface area contributed by atoms with Crippen LogP contribution in [-0.2, 0) is 24.0 Å². The van der Waals surface area contributed by atoms with E-state index < -0.39 is 72.9 Å². The lowest BCUT2D eigenvalue weighted by atomic mass is 10.1. The Morgan fingerprint density at radius 1 is 0.963 bits per heavy atom. The molecule has 5 unspecified atom stereocenters. The molecule has 0 heterocycles. The van der Waals surface area contributed by atoms with E-state index in [1.165, 1.54) is 13.8 Å². The molecule has 0 bridgehead atoms. The highest BCUT2D eigenvalue weighted by Gasteiger charge is 2.32. The topological polar surface area (TPSA) is 234 Å². The van der Waals surface area contributed by atoms with E-state index in [1.807, 2.05) is 0 Å². The maximum absolute atomic E-state index is 12.3. The highest BCUT2D eigenvalue weighted by Crippen LogP contribution is 2.00. The Kier molecular flexibility index (Phi) is 9.92. The maximum atomic E-state index is 12.3. The van der Waals surface area contributed by atoms with Crippen molar-refractivity contribution in [1.82, 2.24) is 16.0 Å². The molecular formula is C14H25N5O8. The highest BCUT2D eigenvalue weighted by atomic mass is 16.4. The Bertz CT molecular complexity index is 582. The summed E-state index contributed by atoms with van der Waals surface area (Å²) in [6.45, 7) is 1.63. The number of carbonyl (C=O) groups excluding carboxylic acids is 4. The minimum Gasteiger partial charge on any atom is -0.480 e. The number of aliphatic hydroxyl groups excluding tert-OH is 2. The third-order valence-electron chi connectivity index (χ3n) is 3.36. The van der Waals surface area contributed by atoms with Gasteiger partial charge in [-0.1, -0.05) is 0 Å². The molecule has 0 aromatic heterocycles. The number of aliphatic hydroxyl groups is 2. The van der Waals surface area contributed by atoms with Crippen LogP contribution in [0.2, 0.25) is 0 Å². The van der Waals surface area contributed by atoms with E-state index in [-0.39, 0.29) is 0 Å². The summed E-state index contributed by atoms with van der Waals surface area (Å²) in [5, 5.41) is 33.6. The van der Waals surface area contributed by atoms with Crippen LogP contribution >= 0.6 is 0 Å². The molecule has 0 fully saturated rings. The van der Waals surface area contributed by atoms with Crippen molar-refractivity contribution in [1.29, 1.82) is 0 Å². The van der Waals surface area contributed by atoms with E-state index >= 15 is 0 Å². The number of rotatable bonds is 11. The van der Waals surface area contributed by atoms with Gasteiger partial charge in [0.25, 0.3) is 0 Å². The lowest BCUT2D eigenvalue weighted by Crippen LogP contribution is -2.60. The third-order valence-corrected chi connectivity index (χ3v) is 3.36. The summed E-state index contributed by atoms with van der Waals surface area (Å²) in [4.78, 5) is 58.1. The molecule has 0 saturated heterocycles. The second-order valence-corrected chi connectivity index (χ2v) is 5.82. The van der Waals surface area contributed by atoms with Crippen molar-refractivity contribution in [3.8, 4) is 0 Å². The maximum Gasteiger partial charge on any atom is 0.325 e. The van der Waals surface area contributed by atoms with Crippen molar-refractivity contribution in [2.24, 2.45) is 11.5 Å². The van der Waals surface area contributed by atoms with Gasteiger partial charge in [-0.3, -0.25) is 24.0 Å². The molecule has 27 heavy (non-hydrogen) atoms. The molecule has 0 aromatic rings. The number of carbonyl (C=O) groups is 5. The first-order valence-electron chi connectivity index (χ1n) is 7.87. The molecule has 13 heteroatoms. The van der Waals surface area contributed by atoms with Gasteiger partial charge in [0, 0.05) is 0 Å². The fraction of sp³-hybridized carbons (Fsp3) is 0.643. The number of primary amides is 1. The average molecular weight is 391 g/mol.